The Morgan fingerprint density at radius 2 is 1.88 bits per heavy atom. The standard InChI is InChI=1S/C31H37F3N6OS/c1-4-5-14-37-30(42)39(19-25-8-6-7-9-27(25)31(32,33)34)20-28(22(2)3)38-29(41)15-26-17-36-21-40(26)18-24-12-10-23(16-35)11-13-24/h6-13,17,21-22,28H,4-5,14-15,18-20H2,1-3H3,(H,37,42)(H,38,41)/t28-/m1/s1. The summed E-state index contributed by atoms with van der Waals surface area (Å²) >= 11 is 5.62. The first-order valence-corrected chi connectivity index (χ1v) is 14.4. The number of benzene rings is 2. The summed E-state index contributed by atoms with van der Waals surface area (Å²) in [5.41, 5.74) is 1.66. The van der Waals surface area contributed by atoms with E-state index < -0.39 is 11.7 Å². The van der Waals surface area contributed by atoms with Gasteiger partial charge in [0.15, 0.2) is 5.11 Å². The van der Waals surface area contributed by atoms with Gasteiger partial charge in [-0.3, -0.25) is 4.79 Å². The predicted octanol–water partition coefficient (Wildman–Crippen LogP) is 5.68. The molecular formula is C31H37F3N6OS. The van der Waals surface area contributed by atoms with Gasteiger partial charge in [-0.1, -0.05) is 57.5 Å². The van der Waals surface area contributed by atoms with Crippen molar-refractivity contribution in [1.82, 2.24) is 25.1 Å². The third-order valence-corrected chi connectivity index (χ3v) is 7.32. The molecule has 2 N–H and O–H groups in total. The van der Waals surface area contributed by atoms with Crippen LogP contribution in [-0.4, -0.2) is 44.6 Å². The lowest BCUT2D eigenvalue weighted by Gasteiger charge is -2.33. The van der Waals surface area contributed by atoms with Crippen LogP contribution in [0.5, 0.6) is 0 Å². The zero-order valence-corrected chi connectivity index (χ0v) is 24.9. The molecule has 11 heteroatoms. The highest BCUT2D eigenvalue weighted by molar-refractivity contribution is 7.80. The molecule has 1 heterocycles. The highest BCUT2D eigenvalue weighted by Crippen LogP contribution is 2.32. The molecule has 0 spiro atoms. The average molecular weight is 599 g/mol. The fraction of sp³-hybridized carbons (Fsp3) is 0.419. The van der Waals surface area contributed by atoms with E-state index in [4.69, 9.17) is 17.5 Å². The quantitative estimate of drug-likeness (QED) is 0.195. The van der Waals surface area contributed by atoms with Gasteiger partial charge in [0.05, 0.1) is 29.9 Å². The van der Waals surface area contributed by atoms with E-state index in [0.29, 0.717) is 29.5 Å². The number of amides is 1. The summed E-state index contributed by atoms with van der Waals surface area (Å²) in [7, 11) is 0. The zero-order valence-electron chi connectivity index (χ0n) is 24.1. The Kier molecular flexibility index (Phi) is 11.9. The van der Waals surface area contributed by atoms with Crippen molar-refractivity contribution in [1.29, 1.82) is 5.26 Å². The molecule has 0 fully saturated rings. The molecule has 1 amide bonds. The second-order valence-electron chi connectivity index (χ2n) is 10.5. The molecule has 2 aromatic carbocycles. The van der Waals surface area contributed by atoms with E-state index in [1.807, 2.05) is 37.5 Å². The summed E-state index contributed by atoms with van der Waals surface area (Å²) in [4.78, 5) is 19.1. The number of aromatic nitrogens is 2. The van der Waals surface area contributed by atoms with Crippen LogP contribution in [0.2, 0.25) is 0 Å². The highest BCUT2D eigenvalue weighted by atomic mass is 32.1. The molecule has 0 saturated heterocycles. The molecule has 1 atom stereocenters. The molecule has 224 valence electrons. The lowest BCUT2D eigenvalue weighted by atomic mass is 10.0. The van der Waals surface area contributed by atoms with Gasteiger partial charge in [0.1, 0.15) is 0 Å². The summed E-state index contributed by atoms with van der Waals surface area (Å²) < 4.78 is 43.1. The number of hydrogen-bond donors (Lipinski definition) is 2. The average Bonchev–Trinajstić information content (AvgIpc) is 3.38. The molecular weight excluding hydrogens is 561 g/mol. The SMILES string of the molecule is CCCCNC(=S)N(Cc1ccccc1C(F)(F)F)C[C@@H](NC(=O)Cc1cncn1Cc1ccc(C#N)cc1)C(C)C. The lowest BCUT2D eigenvalue weighted by molar-refractivity contribution is -0.138. The number of carbonyl (C=O) groups excluding carboxylic acids is 1. The number of alkyl halides is 3. The number of nitrogens with one attached hydrogen (secondary N) is 2. The van der Waals surface area contributed by atoms with Gasteiger partial charge < -0.3 is 20.1 Å². The number of halogens is 3. The maximum atomic E-state index is 13.8. The number of unbranched alkanes of at least 4 members (excludes halogenated alkanes) is 1. The summed E-state index contributed by atoms with van der Waals surface area (Å²) in [5.74, 6) is -0.243. The molecule has 1 aromatic heterocycles. The van der Waals surface area contributed by atoms with E-state index in [9.17, 15) is 18.0 Å². The van der Waals surface area contributed by atoms with Gasteiger partial charge >= 0.3 is 6.18 Å². The fourth-order valence-corrected chi connectivity index (χ4v) is 4.69. The van der Waals surface area contributed by atoms with Crippen molar-refractivity contribution in [3.63, 3.8) is 0 Å². The van der Waals surface area contributed by atoms with Crippen molar-refractivity contribution >= 4 is 23.2 Å². The largest absolute Gasteiger partial charge is 0.416 e. The highest BCUT2D eigenvalue weighted by Gasteiger charge is 2.34. The Balaban J connectivity index is 1.74. The number of nitrogens with zero attached hydrogens (tertiary/aromatic N) is 4. The fourth-order valence-electron chi connectivity index (χ4n) is 4.45. The van der Waals surface area contributed by atoms with Crippen LogP contribution in [0.1, 0.15) is 61.6 Å². The number of nitriles is 1. The monoisotopic (exact) mass is 598 g/mol. The van der Waals surface area contributed by atoms with E-state index in [1.165, 1.54) is 12.1 Å². The van der Waals surface area contributed by atoms with Gasteiger partial charge in [-0.25, -0.2) is 4.98 Å². The molecule has 0 aliphatic heterocycles. The molecule has 7 nitrogen and oxygen atoms in total. The van der Waals surface area contributed by atoms with Gasteiger partial charge in [0, 0.05) is 44.1 Å². The Morgan fingerprint density at radius 1 is 1.17 bits per heavy atom. The van der Waals surface area contributed by atoms with Crippen LogP contribution in [0, 0.1) is 17.2 Å². The van der Waals surface area contributed by atoms with Gasteiger partial charge in [-0.2, -0.15) is 18.4 Å². The van der Waals surface area contributed by atoms with E-state index in [-0.39, 0.29) is 42.9 Å². The first-order chi connectivity index (χ1) is 20.0. The molecule has 0 unspecified atom stereocenters. The maximum Gasteiger partial charge on any atom is 0.416 e. The van der Waals surface area contributed by atoms with Crippen LogP contribution in [0.25, 0.3) is 0 Å². The second kappa shape index (κ2) is 15.4. The second-order valence-corrected chi connectivity index (χ2v) is 10.9. The van der Waals surface area contributed by atoms with Gasteiger partial charge in [-0.05, 0) is 53.9 Å². The molecule has 3 aromatic rings. The van der Waals surface area contributed by atoms with Crippen molar-refractivity contribution < 1.29 is 18.0 Å². The van der Waals surface area contributed by atoms with Gasteiger partial charge in [0.2, 0.25) is 5.91 Å². The van der Waals surface area contributed by atoms with Crippen LogP contribution in [0.3, 0.4) is 0 Å². The topological polar surface area (TPSA) is 86.0 Å². The van der Waals surface area contributed by atoms with E-state index in [2.05, 4.69) is 21.7 Å². The Bertz CT molecular complexity index is 1360. The van der Waals surface area contributed by atoms with Crippen molar-refractivity contribution in [2.24, 2.45) is 5.92 Å². The Hall–Kier alpha value is -3.91. The van der Waals surface area contributed by atoms with E-state index >= 15 is 0 Å². The van der Waals surface area contributed by atoms with Crippen molar-refractivity contribution in [3.8, 4) is 6.07 Å². The minimum Gasteiger partial charge on any atom is -0.363 e. The van der Waals surface area contributed by atoms with Crippen LogP contribution in [0.4, 0.5) is 13.2 Å². The number of thiocarbonyl (C=S) groups is 1. The molecule has 0 radical (unpaired) electrons. The lowest BCUT2D eigenvalue weighted by Crippen LogP contribution is -2.51. The summed E-state index contributed by atoms with van der Waals surface area (Å²) in [6, 6.07) is 14.4. The van der Waals surface area contributed by atoms with Gasteiger partial charge in [-0.15, -0.1) is 0 Å². The smallest absolute Gasteiger partial charge is 0.363 e. The Morgan fingerprint density at radius 3 is 2.52 bits per heavy atom. The van der Waals surface area contributed by atoms with Crippen LogP contribution >= 0.6 is 12.2 Å². The number of carbonyl (C=O) groups is 1. The van der Waals surface area contributed by atoms with Crippen LogP contribution in [-0.2, 0) is 30.5 Å². The summed E-state index contributed by atoms with van der Waals surface area (Å²) in [6.07, 6.45) is 0.690. The molecule has 42 heavy (non-hydrogen) atoms. The molecule has 3 rings (SSSR count). The normalized spacial score (nSPS) is 12.0. The number of rotatable bonds is 13. The van der Waals surface area contributed by atoms with Gasteiger partial charge in [0.25, 0.3) is 0 Å². The van der Waals surface area contributed by atoms with Crippen molar-refractivity contribution in [2.75, 3.05) is 13.1 Å². The summed E-state index contributed by atoms with van der Waals surface area (Å²) in [5, 5.41) is 15.6. The minimum atomic E-state index is -4.49. The van der Waals surface area contributed by atoms with Crippen molar-refractivity contribution in [3.05, 3.63) is 89.0 Å². The zero-order chi connectivity index (χ0) is 30.7. The molecule has 0 bridgehead atoms. The Labute approximate surface area is 250 Å². The summed E-state index contributed by atoms with van der Waals surface area (Å²) in [6.45, 7) is 7.23. The first kappa shape index (κ1) is 32.6. The third-order valence-electron chi connectivity index (χ3n) is 6.92. The molecule has 0 saturated carbocycles. The maximum absolute atomic E-state index is 13.8. The van der Waals surface area contributed by atoms with E-state index in [1.54, 1.807) is 35.6 Å². The van der Waals surface area contributed by atoms with Crippen molar-refractivity contribution in [2.45, 2.75) is 65.3 Å². The minimum absolute atomic E-state index is 0.0173. The van der Waals surface area contributed by atoms with Crippen LogP contribution < -0.4 is 10.6 Å². The molecule has 0 aliphatic rings. The number of imidazole rings is 1. The number of hydrogen-bond acceptors (Lipinski definition) is 4. The van der Waals surface area contributed by atoms with Crippen LogP contribution in [0.15, 0.2) is 61.1 Å². The third kappa shape index (κ3) is 9.58. The first-order valence-electron chi connectivity index (χ1n) is 14.0. The molecule has 0 aliphatic carbocycles. The van der Waals surface area contributed by atoms with E-state index in [0.717, 1.165) is 24.5 Å². The predicted molar refractivity (Wildman–Crippen MR) is 160 cm³/mol.